The molecular formula is C22H20ClN5O2. The zero-order valence-corrected chi connectivity index (χ0v) is 17.1. The average Bonchev–Trinajstić information content (AvgIpc) is 3.19. The van der Waals surface area contributed by atoms with Crippen molar-refractivity contribution >= 4 is 28.6 Å². The quantitative estimate of drug-likeness (QED) is 0.545. The van der Waals surface area contributed by atoms with Gasteiger partial charge in [0.2, 0.25) is 5.95 Å². The summed E-state index contributed by atoms with van der Waals surface area (Å²) < 4.78 is 7.73. The molecule has 0 aliphatic carbocycles. The third-order valence-corrected chi connectivity index (χ3v) is 5.59. The van der Waals surface area contributed by atoms with Crippen LogP contribution < -0.4 is 10.5 Å². The van der Waals surface area contributed by atoms with E-state index in [-0.39, 0.29) is 17.7 Å². The van der Waals surface area contributed by atoms with Crippen LogP contribution in [0, 0.1) is 0 Å². The summed E-state index contributed by atoms with van der Waals surface area (Å²) in [5, 5.41) is 5.50. The molecule has 2 atom stereocenters. The van der Waals surface area contributed by atoms with Gasteiger partial charge in [-0.2, -0.15) is 10.1 Å². The van der Waals surface area contributed by atoms with E-state index < -0.39 is 0 Å². The fourth-order valence-corrected chi connectivity index (χ4v) is 3.96. The molecule has 0 amide bonds. The zero-order valence-electron chi connectivity index (χ0n) is 16.3. The molecule has 30 heavy (non-hydrogen) atoms. The maximum atomic E-state index is 12.8. The molecule has 2 aromatic heterocycles. The summed E-state index contributed by atoms with van der Waals surface area (Å²) in [5.41, 5.74) is 2.16. The number of para-hydroxylation sites is 1. The number of halogens is 1. The van der Waals surface area contributed by atoms with E-state index in [1.807, 2.05) is 61.5 Å². The third-order valence-electron chi connectivity index (χ3n) is 5.35. The summed E-state index contributed by atoms with van der Waals surface area (Å²) in [4.78, 5) is 22.5. The number of hydrogen-bond acceptors (Lipinski definition) is 5. The first kappa shape index (κ1) is 18.8. The van der Waals surface area contributed by atoms with E-state index in [4.69, 9.17) is 21.3 Å². The maximum Gasteiger partial charge on any atom is 0.263 e. The molecule has 8 heteroatoms. The van der Waals surface area contributed by atoms with E-state index in [0.717, 1.165) is 11.3 Å². The van der Waals surface area contributed by atoms with E-state index in [2.05, 4.69) is 15.0 Å². The standard InChI is InChI=1S/C22H20ClN5O2/c1-14-13-30-19(15-6-5-7-16(23)10-15)12-27(14)22-25-20-18(21(29)26-22)11-24-28(20)17-8-3-2-4-9-17/h2-11,14,19H,12-13H2,1H3,(H,25,26,29). The van der Waals surface area contributed by atoms with E-state index in [1.165, 1.54) is 0 Å². The van der Waals surface area contributed by atoms with Gasteiger partial charge in [-0.25, -0.2) is 4.68 Å². The molecule has 5 rings (SSSR count). The van der Waals surface area contributed by atoms with Crippen molar-refractivity contribution in [2.75, 3.05) is 18.1 Å². The highest BCUT2D eigenvalue weighted by molar-refractivity contribution is 6.30. The Balaban J connectivity index is 1.55. The van der Waals surface area contributed by atoms with Gasteiger partial charge in [0.05, 0.1) is 31.1 Å². The summed E-state index contributed by atoms with van der Waals surface area (Å²) in [6.45, 7) is 3.11. The van der Waals surface area contributed by atoms with E-state index >= 15 is 0 Å². The Morgan fingerprint density at radius 1 is 1.17 bits per heavy atom. The number of fused-ring (bicyclic) bond motifs is 1. The molecule has 0 spiro atoms. The van der Waals surface area contributed by atoms with Crippen molar-refractivity contribution in [3.8, 4) is 5.69 Å². The van der Waals surface area contributed by atoms with Crippen molar-refractivity contribution < 1.29 is 4.74 Å². The highest BCUT2D eigenvalue weighted by Gasteiger charge is 2.29. The third kappa shape index (κ3) is 3.36. The van der Waals surface area contributed by atoms with Crippen LogP contribution in [-0.2, 0) is 4.74 Å². The Morgan fingerprint density at radius 3 is 2.80 bits per heavy atom. The number of aromatic amines is 1. The van der Waals surface area contributed by atoms with Gasteiger partial charge in [0, 0.05) is 5.02 Å². The molecule has 0 radical (unpaired) electrons. The number of nitrogens with zero attached hydrogens (tertiary/aromatic N) is 4. The van der Waals surface area contributed by atoms with Gasteiger partial charge in [-0.3, -0.25) is 9.78 Å². The lowest BCUT2D eigenvalue weighted by Gasteiger charge is -2.38. The van der Waals surface area contributed by atoms with Gasteiger partial charge in [0.25, 0.3) is 5.56 Å². The Bertz CT molecular complexity index is 1250. The van der Waals surface area contributed by atoms with Gasteiger partial charge in [0.1, 0.15) is 11.5 Å². The normalized spacial score (nSPS) is 19.3. The molecule has 7 nitrogen and oxygen atoms in total. The average molecular weight is 422 g/mol. The van der Waals surface area contributed by atoms with E-state index in [9.17, 15) is 4.79 Å². The predicted octanol–water partition coefficient (Wildman–Crippen LogP) is 3.73. The largest absolute Gasteiger partial charge is 0.370 e. The van der Waals surface area contributed by atoms with Crippen LogP contribution in [0.15, 0.2) is 65.6 Å². The smallest absolute Gasteiger partial charge is 0.263 e. The zero-order chi connectivity index (χ0) is 20.7. The Hall–Kier alpha value is -3.16. The topological polar surface area (TPSA) is 76.0 Å². The van der Waals surface area contributed by atoms with Crippen LogP contribution in [0.1, 0.15) is 18.6 Å². The monoisotopic (exact) mass is 421 g/mol. The minimum absolute atomic E-state index is 0.0501. The van der Waals surface area contributed by atoms with Crippen LogP contribution in [-0.4, -0.2) is 38.9 Å². The van der Waals surface area contributed by atoms with Crippen LogP contribution >= 0.6 is 11.6 Å². The lowest BCUT2D eigenvalue weighted by Crippen LogP contribution is -2.46. The predicted molar refractivity (Wildman–Crippen MR) is 116 cm³/mol. The molecule has 152 valence electrons. The second-order valence-corrected chi connectivity index (χ2v) is 7.83. The summed E-state index contributed by atoms with van der Waals surface area (Å²) in [6, 6.07) is 17.4. The minimum atomic E-state index is -0.213. The van der Waals surface area contributed by atoms with E-state index in [0.29, 0.717) is 35.2 Å². The lowest BCUT2D eigenvalue weighted by molar-refractivity contribution is 0.0209. The van der Waals surface area contributed by atoms with Crippen molar-refractivity contribution in [3.63, 3.8) is 0 Å². The lowest BCUT2D eigenvalue weighted by atomic mass is 10.1. The van der Waals surface area contributed by atoms with Crippen LogP contribution in [0.3, 0.4) is 0 Å². The van der Waals surface area contributed by atoms with Gasteiger partial charge in [-0.1, -0.05) is 41.9 Å². The van der Waals surface area contributed by atoms with Crippen molar-refractivity contribution in [1.29, 1.82) is 0 Å². The summed E-state index contributed by atoms with van der Waals surface area (Å²) in [5.74, 6) is 0.507. The molecule has 4 aromatic rings. The molecule has 0 saturated carbocycles. The SMILES string of the molecule is CC1COC(c2cccc(Cl)c2)CN1c1nc2c(cnn2-c2ccccc2)c(=O)[nH]1. The molecule has 1 saturated heterocycles. The number of H-pyrrole nitrogens is 1. The van der Waals surface area contributed by atoms with Crippen LogP contribution in [0.5, 0.6) is 0 Å². The van der Waals surface area contributed by atoms with Crippen molar-refractivity contribution in [3.05, 3.63) is 81.7 Å². The van der Waals surface area contributed by atoms with Crippen molar-refractivity contribution in [2.45, 2.75) is 19.1 Å². The fraction of sp³-hybridized carbons (Fsp3) is 0.227. The maximum absolute atomic E-state index is 12.8. The van der Waals surface area contributed by atoms with Crippen LogP contribution in [0.25, 0.3) is 16.7 Å². The summed E-state index contributed by atoms with van der Waals surface area (Å²) >= 11 is 6.16. The van der Waals surface area contributed by atoms with E-state index in [1.54, 1.807) is 10.9 Å². The Labute approximate surface area is 177 Å². The molecule has 0 bridgehead atoms. The first-order chi connectivity index (χ1) is 14.6. The number of rotatable bonds is 3. The Kier molecular flexibility index (Phi) is 4.77. The molecule has 3 heterocycles. The fourth-order valence-electron chi connectivity index (χ4n) is 3.76. The van der Waals surface area contributed by atoms with Gasteiger partial charge >= 0.3 is 0 Å². The van der Waals surface area contributed by atoms with Gasteiger partial charge in [0.15, 0.2) is 5.65 Å². The highest BCUT2D eigenvalue weighted by Crippen LogP contribution is 2.29. The van der Waals surface area contributed by atoms with Gasteiger partial charge in [-0.15, -0.1) is 0 Å². The second kappa shape index (κ2) is 7.59. The van der Waals surface area contributed by atoms with Crippen LogP contribution in [0.2, 0.25) is 5.02 Å². The first-order valence-corrected chi connectivity index (χ1v) is 10.1. The molecule has 2 aromatic carbocycles. The number of anilines is 1. The molecular weight excluding hydrogens is 402 g/mol. The minimum Gasteiger partial charge on any atom is -0.370 e. The number of aromatic nitrogens is 4. The molecule has 1 aliphatic rings. The molecule has 1 aliphatic heterocycles. The number of benzene rings is 2. The number of morpholine rings is 1. The highest BCUT2D eigenvalue weighted by atomic mass is 35.5. The molecule has 2 unspecified atom stereocenters. The van der Waals surface area contributed by atoms with Crippen molar-refractivity contribution in [1.82, 2.24) is 19.7 Å². The second-order valence-electron chi connectivity index (χ2n) is 7.40. The number of ether oxygens (including phenoxy) is 1. The van der Waals surface area contributed by atoms with Gasteiger partial charge < -0.3 is 9.64 Å². The van der Waals surface area contributed by atoms with Crippen LogP contribution in [0.4, 0.5) is 5.95 Å². The summed E-state index contributed by atoms with van der Waals surface area (Å²) in [6.07, 6.45) is 1.38. The molecule has 1 fully saturated rings. The number of nitrogens with one attached hydrogen (secondary N) is 1. The number of hydrogen-bond donors (Lipinski definition) is 1. The molecule has 1 N–H and O–H groups in total. The summed E-state index contributed by atoms with van der Waals surface area (Å²) in [7, 11) is 0. The van der Waals surface area contributed by atoms with Gasteiger partial charge in [-0.05, 0) is 36.8 Å². The van der Waals surface area contributed by atoms with Crippen molar-refractivity contribution in [2.24, 2.45) is 0 Å². The first-order valence-electron chi connectivity index (χ1n) is 9.77. The Morgan fingerprint density at radius 2 is 2.00 bits per heavy atom.